The maximum absolute atomic E-state index is 13.0. The summed E-state index contributed by atoms with van der Waals surface area (Å²) in [5, 5.41) is 54.3. The topological polar surface area (TPSA) is 175 Å². The van der Waals surface area contributed by atoms with Gasteiger partial charge in [-0.3, -0.25) is 9.59 Å². The van der Waals surface area contributed by atoms with Gasteiger partial charge in [-0.25, -0.2) is 0 Å². The van der Waals surface area contributed by atoms with E-state index >= 15 is 0 Å². The van der Waals surface area contributed by atoms with Gasteiger partial charge in [0.15, 0.2) is 6.29 Å². The lowest BCUT2D eigenvalue weighted by Gasteiger charge is -2.40. The number of carbonyl (C=O) groups is 2. The lowest BCUT2D eigenvalue weighted by molar-refractivity contribution is -0.302. The fraction of sp³-hybridized carbons (Fsp3) is 0.770. The van der Waals surface area contributed by atoms with Gasteiger partial charge in [-0.2, -0.15) is 0 Å². The van der Waals surface area contributed by atoms with Gasteiger partial charge >= 0.3 is 5.97 Å². The zero-order valence-corrected chi connectivity index (χ0v) is 45.6. The molecule has 1 aliphatic heterocycles. The number of esters is 1. The maximum Gasteiger partial charge on any atom is 0.305 e. The molecular weight excluding hydrogens is 907 g/mol. The van der Waals surface area contributed by atoms with E-state index < -0.39 is 49.5 Å². The van der Waals surface area contributed by atoms with Crippen molar-refractivity contribution >= 4 is 11.9 Å². The Morgan fingerprint density at radius 3 is 1.60 bits per heavy atom. The Morgan fingerprint density at radius 1 is 0.528 bits per heavy atom. The Kier molecular flexibility index (Phi) is 46.9. The predicted molar refractivity (Wildman–Crippen MR) is 296 cm³/mol. The fourth-order valence-corrected chi connectivity index (χ4v) is 8.59. The van der Waals surface area contributed by atoms with Crippen molar-refractivity contribution in [2.24, 2.45) is 0 Å². The van der Waals surface area contributed by atoms with Gasteiger partial charge in [0, 0.05) is 12.8 Å². The Balaban J connectivity index is 2.12. The van der Waals surface area contributed by atoms with Gasteiger partial charge in [-0.05, 0) is 103 Å². The molecule has 0 aromatic rings. The monoisotopic (exact) mass is 1010 g/mol. The van der Waals surface area contributed by atoms with Crippen LogP contribution < -0.4 is 5.32 Å². The van der Waals surface area contributed by atoms with E-state index in [9.17, 15) is 35.1 Å². The summed E-state index contributed by atoms with van der Waals surface area (Å²) in [5.41, 5.74) is 0. The molecule has 7 unspecified atom stereocenters. The number of aliphatic hydroxyl groups is 5. The molecule has 0 aromatic carbocycles. The van der Waals surface area contributed by atoms with Crippen LogP contribution in [0.15, 0.2) is 72.9 Å². The number of carbonyl (C=O) groups excluding carboxylic acids is 2. The molecule has 1 heterocycles. The van der Waals surface area contributed by atoms with Crippen LogP contribution in [0.1, 0.15) is 239 Å². The van der Waals surface area contributed by atoms with E-state index in [1.807, 2.05) is 6.08 Å². The molecule has 72 heavy (non-hydrogen) atoms. The second-order valence-corrected chi connectivity index (χ2v) is 20.0. The smallest absolute Gasteiger partial charge is 0.305 e. The number of nitrogens with one attached hydrogen (secondary N) is 1. The summed E-state index contributed by atoms with van der Waals surface area (Å²) in [6, 6.07) is -0.837. The zero-order chi connectivity index (χ0) is 52.4. The summed E-state index contributed by atoms with van der Waals surface area (Å²) in [6.07, 6.45) is 55.6. The predicted octanol–water partition coefficient (Wildman–Crippen LogP) is 13.2. The molecule has 416 valence electrons. The molecule has 0 spiro atoms. The molecule has 1 amide bonds. The van der Waals surface area contributed by atoms with E-state index in [0.717, 1.165) is 103 Å². The van der Waals surface area contributed by atoms with Gasteiger partial charge < -0.3 is 45.1 Å². The number of hydrogen-bond acceptors (Lipinski definition) is 10. The molecule has 0 aliphatic carbocycles. The van der Waals surface area contributed by atoms with E-state index in [-0.39, 0.29) is 18.5 Å². The normalized spacial score (nSPS) is 19.6. The minimum Gasteiger partial charge on any atom is -0.466 e. The quantitative estimate of drug-likeness (QED) is 0.0149. The number of hydrogen-bond donors (Lipinski definition) is 6. The highest BCUT2D eigenvalue weighted by atomic mass is 16.7. The highest BCUT2D eigenvalue weighted by Crippen LogP contribution is 2.23. The van der Waals surface area contributed by atoms with E-state index in [1.54, 1.807) is 6.08 Å². The first kappa shape index (κ1) is 67.1. The van der Waals surface area contributed by atoms with E-state index in [2.05, 4.69) is 79.9 Å². The zero-order valence-electron chi connectivity index (χ0n) is 45.6. The molecule has 1 saturated heterocycles. The Hall–Kier alpha value is -2.90. The van der Waals surface area contributed by atoms with Crippen LogP contribution in [0.5, 0.6) is 0 Å². The SMILES string of the molecule is CCC/C=C\C/C=C\CCCCCCCC(=O)OCCCCC/C=C\C=C/CCCCCCCCCCCCC(=O)NC(COC1OC(CO)C(O)C(O)C1O)C(O)/C=C/CC/C=C/CCCCCCCC. The first-order chi connectivity index (χ1) is 35.2. The largest absolute Gasteiger partial charge is 0.466 e. The van der Waals surface area contributed by atoms with Crippen LogP contribution in [-0.2, 0) is 23.8 Å². The first-order valence-electron chi connectivity index (χ1n) is 29.2. The molecule has 1 aliphatic rings. The molecular formula is C61H107NO10. The van der Waals surface area contributed by atoms with Crippen LogP contribution >= 0.6 is 0 Å². The minimum absolute atomic E-state index is 0.0453. The minimum atomic E-state index is -1.58. The highest BCUT2D eigenvalue weighted by molar-refractivity contribution is 5.76. The summed E-state index contributed by atoms with van der Waals surface area (Å²) in [7, 11) is 0. The third kappa shape index (κ3) is 39.5. The van der Waals surface area contributed by atoms with E-state index in [1.165, 1.54) is 109 Å². The van der Waals surface area contributed by atoms with Crippen molar-refractivity contribution in [3.8, 4) is 0 Å². The summed E-state index contributed by atoms with van der Waals surface area (Å²) in [5.74, 6) is -0.250. The molecule has 1 fully saturated rings. The maximum atomic E-state index is 13.0. The molecule has 7 atom stereocenters. The number of unbranched alkanes of at least 4 members (excludes halogenated alkanes) is 26. The lowest BCUT2D eigenvalue weighted by atomic mass is 9.99. The lowest BCUT2D eigenvalue weighted by Crippen LogP contribution is -2.60. The number of rotatable bonds is 49. The molecule has 0 aromatic heterocycles. The van der Waals surface area contributed by atoms with Gasteiger partial charge in [0.2, 0.25) is 5.91 Å². The van der Waals surface area contributed by atoms with E-state index in [0.29, 0.717) is 19.4 Å². The van der Waals surface area contributed by atoms with Crippen LogP contribution in [0.4, 0.5) is 0 Å². The average Bonchev–Trinajstić information content (AvgIpc) is 3.38. The fourth-order valence-electron chi connectivity index (χ4n) is 8.59. The van der Waals surface area contributed by atoms with Crippen LogP contribution in [-0.4, -0.2) is 100 Å². The van der Waals surface area contributed by atoms with Crippen molar-refractivity contribution in [2.45, 2.75) is 281 Å². The molecule has 0 bridgehead atoms. The summed E-state index contributed by atoms with van der Waals surface area (Å²) in [4.78, 5) is 25.0. The van der Waals surface area contributed by atoms with Gasteiger partial charge in [0.25, 0.3) is 0 Å². The van der Waals surface area contributed by atoms with Gasteiger partial charge in [0.05, 0.1) is 32.0 Å². The standard InChI is InChI=1S/C61H107NO10/c1-3-5-7-9-11-13-15-24-29-33-37-41-45-49-57(66)70-50-46-42-38-34-30-26-23-21-19-17-18-20-22-25-28-32-36-40-44-48-56(65)62-53(52-71-61-60(69)59(68)58(67)55(51-63)72-61)54(64)47-43-39-35-31-27-16-14-12-10-8-6-4-2/h7,9,13,15,21,23,26-27,30-31,43,47,53-55,58-61,63-64,67-69H,3-6,8,10-12,14,16-20,22,24-25,28-29,32-42,44-46,48-52H2,1-2H3,(H,62,65)/b9-7-,15-13-,23-21-,30-26-,31-27+,47-43+. The molecule has 1 rings (SSSR count). The van der Waals surface area contributed by atoms with Crippen molar-refractivity contribution in [1.29, 1.82) is 0 Å². The average molecular weight is 1010 g/mol. The molecule has 0 radical (unpaired) electrons. The second kappa shape index (κ2) is 50.3. The number of amides is 1. The van der Waals surface area contributed by atoms with Crippen LogP contribution in [0.2, 0.25) is 0 Å². The van der Waals surface area contributed by atoms with Crippen molar-refractivity contribution < 1.29 is 49.3 Å². The first-order valence-corrected chi connectivity index (χ1v) is 29.2. The van der Waals surface area contributed by atoms with Crippen molar-refractivity contribution in [3.63, 3.8) is 0 Å². The van der Waals surface area contributed by atoms with Crippen LogP contribution in [0.25, 0.3) is 0 Å². The Labute approximate surface area is 439 Å². The summed E-state index contributed by atoms with van der Waals surface area (Å²) < 4.78 is 16.6. The van der Waals surface area contributed by atoms with Crippen LogP contribution in [0.3, 0.4) is 0 Å². The van der Waals surface area contributed by atoms with Crippen LogP contribution in [0, 0.1) is 0 Å². The molecule has 11 nitrogen and oxygen atoms in total. The van der Waals surface area contributed by atoms with Crippen molar-refractivity contribution in [2.75, 3.05) is 19.8 Å². The number of allylic oxidation sites excluding steroid dienone is 11. The number of aliphatic hydroxyl groups excluding tert-OH is 5. The third-order valence-electron chi connectivity index (χ3n) is 13.3. The number of ether oxygens (including phenoxy) is 3. The van der Waals surface area contributed by atoms with Gasteiger partial charge in [-0.1, -0.05) is 196 Å². The Bertz CT molecular complexity index is 1430. The van der Waals surface area contributed by atoms with Crippen molar-refractivity contribution in [1.82, 2.24) is 5.32 Å². The highest BCUT2D eigenvalue weighted by Gasteiger charge is 2.44. The third-order valence-corrected chi connectivity index (χ3v) is 13.3. The van der Waals surface area contributed by atoms with Gasteiger partial charge in [-0.15, -0.1) is 0 Å². The van der Waals surface area contributed by atoms with E-state index in [4.69, 9.17) is 14.2 Å². The molecule has 6 N–H and O–H groups in total. The van der Waals surface area contributed by atoms with Gasteiger partial charge in [0.1, 0.15) is 24.4 Å². The Morgan fingerprint density at radius 2 is 1.01 bits per heavy atom. The second-order valence-electron chi connectivity index (χ2n) is 20.0. The molecule has 0 saturated carbocycles. The summed E-state index contributed by atoms with van der Waals surface area (Å²) in [6.45, 7) is 4.18. The molecule has 11 heteroatoms. The summed E-state index contributed by atoms with van der Waals surface area (Å²) >= 11 is 0. The van der Waals surface area contributed by atoms with Crippen molar-refractivity contribution in [3.05, 3.63) is 72.9 Å².